The highest BCUT2D eigenvalue weighted by atomic mass is 79.9. The molecule has 1 unspecified atom stereocenters. The fourth-order valence-corrected chi connectivity index (χ4v) is 5.11. The topological polar surface area (TPSA) is 6.48 Å². The third-order valence-corrected chi connectivity index (χ3v) is 6.17. The normalized spacial score (nSPS) is 22.6. The molecule has 1 aromatic heterocycles. The van der Waals surface area contributed by atoms with Crippen LogP contribution in [0.1, 0.15) is 18.0 Å². The maximum absolute atomic E-state index is 3.59. The summed E-state index contributed by atoms with van der Waals surface area (Å²) in [5, 5.41) is 1.35. The van der Waals surface area contributed by atoms with Crippen molar-refractivity contribution in [2.24, 2.45) is 0 Å². The van der Waals surface area contributed by atoms with Gasteiger partial charge in [0.1, 0.15) is 12.3 Å². The summed E-state index contributed by atoms with van der Waals surface area (Å²) in [6.07, 6.45) is 0.839. The van der Waals surface area contributed by atoms with Crippen LogP contribution in [-0.4, -0.2) is 6.17 Å². The van der Waals surface area contributed by atoms with Gasteiger partial charge in [-0.15, -0.1) is 11.3 Å². The standard InChI is InChI=1S/C17H13BrN2S/c1-10-19-13-7-6-12(18)9-14(13)20(10)17(19)16-8-11-4-2-3-5-15(11)21-16/h2-10,17H,1H3/t10-,17?/m1/s1. The molecule has 1 saturated heterocycles. The number of fused-ring (bicyclic) bond motifs is 6. The average Bonchev–Trinajstić information content (AvgIpc) is 3.11. The lowest BCUT2D eigenvalue weighted by Crippen LogP contribution is -2.59. The molecule has 3 heterocycles. The minimum Gasteiger partial charge on any atom is -0.324 e. The van der Waals surface area contributed by atoms with Gasteiger partial charge in [0, 0.05) is 14.0 Å². The molecule has 0 saturated carbocycles. The number of benzene rings is 2. The maximum atomic E-state index is 3.59. The van der Waals surface area contributed by atoms with Gasteiger partial charge < -0.3 is 9.80 Å². The van der Waals surface area contributed by atoms with Gasteiger partial charge in [-0.05, 0) is 42.6 Å². The van der Waals surface area contributed by atoms with Crippen molar-refractivity contribution >= 4 is 48.7 Å². The zero-order valence-corrected chi connectivity index (χ0v) is 13.9. The number of hydrogen-bond donors (Lipinski definition) is 0. The van der Waals surface area contributed by atoms with Crippen LogP contribution in [0.2, 0.25) is 0 Å². The molecule has 2 atom stereocenters. The molecule has 3 aromatic rings. The van der Waals surface area contributed by atoms with Crippen LogP contribution in [0.4, 0.5) is 11.4 Å². The summed E-state index contributed by atoms with van der Waals surface area (Å²) in [6.45, 7) is 2.28. The van der Waals surface area contributed by atoms with Gasteiger partial charge in [-0.2, -0.15) is 0 Å². The predicted molar refractivity (Wildman–Crippen MR) is 93.1 cm³/mol. The second-order valence-electron chi connectivity index (χ2n) is 5.64. The van der Waals surface area contributed by atoms with Gasteiger partial charge in [-0.3, -0.25) is 0 Å². The van der Waals surface area contributed by atoms with Crippen LogP contribution in [0.25, 0.3) is 10.1 Å². The summed E-state index contributed by atoms with van der Waals surface area (Å²) < 4.78 is 2.52. The Labute approximate surface area is 135 Å². The molecule has 0 spiro atoms. The molecule has 104 valence electrons. The van der Waals surface area contributed by atoms with Crippen molar-refractivity contribution in [1.29, 1.82) is 0 Å². The number of halogens is 1. The Balaban J connectivity index is 1.64. The number of anilines is 2. The van der Waals surface area contributed by atoms with Crippen molar-refractivity contribution in [2.45, 2.75) is 19.3 Å². The monoisotopic (exact) mass is 356 g/mol. The highest BCUT2D eigenvalue weighted by molar-refractivity contribution is 9.10. The van der Waals surface area contributed by atoms with Crippen LogP contribution >= 0.6 is 27.3 Å². The van der Waals surface area contributed by atoms with Crippen molar-refractivity contribution < 1.29 is 0 Å². The molecule has 21 heavy (non-hydrogen) atoms. The molecule has 5 rings (SSSR count). The average molecular weight is 357 g/mol. The van der Waals surface area contributed by atoms with Gasteiger partial charge >= 0.3 is 0 Å². The summed E-state index contributed by atoms with van der Waals surface area (Å²) in [5.74, 6) is 0. The Morgan fingerprint density at radius 1 is 1.00 bits per heavy atom. The third kappa shape index (κ3) is 1.47. The Kier molecular flexibility index (Phi) is 2.31. The molecular weight excluding hydrogens is 344 g/mol. The summed E-state index contributed by atoms with van der Waals surface area (Å²) in [7, 11) is 0. The largest absolute Gasteiger partial charge is 0.324 e. The van der Waals surface area contributed by atoms with Crippen molar-refractivity contribution in [3.8, 4) is 0 Å². The van der Waals surface area contributed by atoms with Gasteiger partial charge in [-0.1, -0.05) is 34.1 Å². The Bertz CT molecular complexity index is 839. The molecule has 2 aliphatic rings. The molecule has 0 radical (unpaired) electrons. The fraction of sp³-hybridized carbons (Fsp3) is 0.176. The van der Waals surface area contributed by atoms with E-state index in [1.54, 1.807) is 0 Å². The van der Waals surface area contributed by atoms with Crippen molar-refractivity contribution in [3.05, 3.63) is 57.9 Å². The molecule has 1 fully saturated rings. The summed E-state index contributed by atoms with van der Waals surface area (Å²) in [5.41, 5.74) is 2.70. The quantitative estimate of drug-likeness (QED) is 0.579. The molecule has 2 aliphatic heterocycles. The lowest BCUT2D eigenvalue weighted by molar-refractivity contribution is 0.404. The second kappa shape index (κ2) is 4.02. The first-order chi connectivity index (χ1) is 10.2. The van der Waals surface area contributed by atoms with E-state index < -0.39 is 0 Å². The Morgan fingerprint density at radius 3 is 2.67 bits per heavy atom. The smallest absolute Gasteiger partial charge is 0.141 e. The van der Waals surface area contributed by atoms with E-state index in [9.17, 15) is 0 Å². The first-order valence-electron chi connectivity index (χ1n) is 7.09. The van der Waals surface area contributed by atoms with Crippen LogP contribution in [0.3, 0.4) is 0 Å². The van der Waals surface area contributed by atoms with Crippen LogP contribution in [-0.2, 0) is 0 Å². The lowest BCUT2D eigenvalue weighted by atomic mass is 10.1. The van der Waals surface area contributed by atoms with E-state index in [0.29, 0.717) is 12.3 Å². The van der Waals surface area contributed by atoms with Crippen LogP contribution < -0.4 is 9.80 Å². The van der Waals surface area contributed by atoms with E-state index >= 15 is 0 Å². The van der Waals surface area contributed by atoms with Crippen LogP contribution in [0, 0.1) is 0 Å². The van der Waals surface area contributed by atoms with Gasteiger partial charge in [-0.25, -0.2) is 0 Å². The van der Waals surface area contributed by atoms with E-state index in [2.05, 4.69) is 81.2 Å². The molecule has 4 heteroatoms. The van der Waals surface area contributed by atoms with Gasteiger partial charge in [0.05, 0.1) is 11.4 Å². The summed E-state index contributed by atoms with van der Waals surface area (Å²) in [4.78, 5) is 6.47. The lowest BCUT2D eigenvalue weighted by Gasteiger charge is -2.50. The minimum atomic E-state index is 0.377. The molecular formula is C17H13BrN2S. The maximum Gasteiger partial charge on any atom is 0.141 e. The second-order valence-corrected chi connectivity index (χ2v) is 7.67. The first-order valence-corrected chi connectivity index (χ1v) is 8.70. The molecule has 0 amide bonds. The van der Waals surface area contributed by atoms with E-state index in [1.807, 2.05) is 11.3 Å². The number of rotatable bonds is 1. The number of thiophene rings is 1. The van der Waals surface area contributed by atoms with Gasteiger partial charge in [0.15, 0.2) is 0 Å². The van der Waals surface area contributed by atoms with Gasteiger partial charge in [0.25, 0.3) is 0 Å². The zero-order valence-electron chi connectivity index (χ0n) is 11.5. The van der Waals surface area contributed by atoms with Crippen LogP contribution in [0.15, 0.2) is 53.0 Å². The van der Waals surface area contributed by atoms with Crippen molar-refractivity contribution in [1.82, 2.24) is 0 Å². The highest BCUT2D eigenvalue weighted by Gasteiger charge is 2.52. The Morgan fingerprint density at radius 2 is 1.81 bits per heavy atom. The van der Waals surface area contributed by atoms with Crippen LogP contribution in [0.5, 0.6) is 0 Å². The number of nitrogens with zero attached hydrogens (tertiary/aromatic N) is 2. The SMILES string of the molecule is C[C@@H]1N2c3ccc(Br)cc3N1C2c1cc2ccccc2s1. The van der Waals surface area contributed by atoms with Crippen molar-refractivity contribution in [2.75, 3.05) is 9.80 Å². The zero-order chi connectivity index (χ0) is 14.1. The van der Waals surface area contributed by atoms with E-state index in [4.69, 9.17) is 0 Å². The first kappa shape index (κ1) is 12.1. The number of hydrogen-bond acceptors (Lipinski definition) is 3. The van der Waals surface area contributed by atoms with E-state index in [-0.39, 0.29) is 0 Å². The van der Waals surface area contributed by atoms with E-state index in [0.717, 1.165) is 4.47 Å². The Hall–Kier alpha value is -1.52. The molecule has 2 aromatic carbocycles. The molecule has 0 N–H and O–H groups in total. The third-order valence-electron chi connectivity index (χ3n) is 4.52. The summed E-state index contributed by atoms with van der Waals surface area (Å²) >= 11 is 5.50. The highest BCUT2D eigenvalue weighted by Crippen LogP contribution is 2.58. The molecule has 0 aliphatic carbocycles. The van der Waals surface area contributed by atoms with E-state index in [1.165, 1.54) is 26.3 Å². The molecule has 2 bridgehead atoms. The fourth-order valence-electron chi connectivity index (χ4n) is 3.60. The predicted octanol–water partition coefficient (Wildman–Crippen LogP) is 5.35. The minimum absolute atomic E-state index is 0.377. The van der Waals surface area contributed by atoms with Gasteiger partial charge in [0.2, 0.25) is 0 Å². The molecule has 2 nitrogen and oxygen atoms in total. The van der Waals surface area contributed by atoms with Crippen molar-refractivity contribution in [3.63, 3.8) is 0 Å². The summed E-state index contributed by atoms with van der Waals surface area (Å²) in [6, 6.07) is 17.6.